The molecule has 4 nitrogen and oxygen atoms in total. The number of nitrogens with two attached hydrogens (primary N) is 1. The number of ether oxygens (including phenoxy) is 2. The van der Waals surface area contributed by atoms with Crippen LogP contribution < -0.4 is 10.5 Å². The van der Waals surface area contributed by atoms with Crippen LogP contribution in [-0.2, 0) is 9.53 Å². The monoisotopic (exact) mass is 255 g/mol. The summed E-state index contributed by atoms with van der Waals surface area (Å²) in [6.07, 6.45) is 0.820. The molecule has 0 aliphatic rings. The summed E-state index contributed by atoms with van der Waals surface area (Å²) >= 11 is 0. The third kappa shape index (κ3) is 4.33. The second kappa shape index (κ2) is 6.96. The van der Waals surface area contributed by atoms with Crippen molar-refractivity contribution in [3.05, 3.63) is 29.6 Å². The molecular weight excluding hydrogens is 237 g/mol. The van der Waals surface area contributed by atoms with E-state index < -0.39 is 0 Å². The molecule has 0 aromatic heterocycles. The third-order valence-electron chi connectivity index (χ3n) is 2.48. The molecule has 0 radical (unpaired) electrons. The molecule has 0 amide bonds. The molecule has 0 aliphatic carbocycles. The van der Waals surface area contributed by atoms with Gasteiger partial charge in [-0.3, -0.25) is 4.79 Å². The highest BCUT2D eigenvalue weighted by atomic mass is 19.1. The topological polar surface area (TPSA) is 61.5 Å². The zero-order chi connectivity index (χ0) is 13.5. The molecular formula is C13H18FNO3. The number of methoxy groups -OCH3 is 1. The SMILES string of the molecule is COC(=O)CCCOc1ccc(C(C)N)c(F)c1. The van der Waals surface area contributed by atoms with Crippen LogP contribution in [-0.4, -0.2) is 19.7 Å². The standard InChI is InChI=1S/C13H18FNO3/c1-9(15)11-6-5-10(8-12(11)14)18-7-3-4-13(16)17-2/h5-6,8-9H,3-4,7,15H2,1-2H3. The minimum absolute atomic E-state index is 0.280. The van der Waals surface area contributed by atoms with Gasteiger partial charge in [-0.25, -0.2) is 4.39 Å². The number of carbonyl (C=O) groups excluding carboxylic acids is 1. The Morgan fingerprint density at radius 1 is 1.50 bits per heavy atom. The Labute approximate surface area is 106 Å². The Kier molecular flexibility index (Phi) is 5.58. The van der Waals surface area contributed by atoms with Gasteiger partial charge < -0.3 is 15.2 Å². The molecule has 0 heterocycles. The number of rotatable bonds is 6. The first-order valence-electron chi connectivity index (χ1n) is 5.79. The van der Waals surface area contributed by atoms with Crippen molar-refractivity contribution < 1.29 is 18.7 Å². The summed E-state index contributed by atoms with van der Waals surface area (Å²) in [7, 11) is 1.34. The maximum absolute atomic E-state index is 13.6. The Bertz CT molecular complexity index is 407. The normalized spacial score (nSPS) is 12.0. The molecule has 0 saturated carbocycles. The van der Waals surface area contributed by atoms with Gasteiger partial charge in [-0.1, -0.05) is 6.07 Å². The van der Waals surface area contributed by atoms with E-state index in [9.17, 15) is 9.18 Å². The summed E-state index contributed by atoms with van der Waals surface area (Å²) in [6, 6.07) is 4.23. The lowest BCUT2D eigenvalue weighted by Gasteiger charge is -2.10. The van der Waals surface area contributed by atoms with Gasteiger partial charge in [0.25, 0.3) is 0 Å². The van der Waals surface area contributed by atoms with Crippen LogP contribution in [0.3, 0.4) is 0 Å². The van der Waals surface area contributed by atoms with Gasteiger partial charge in [-0.05, 0) is 19.4 Å². The highest BCUT2D eigenvalue weighted by Gasteiger charge is 2.08. The van der Waals surface area contributed by atoms with Crippen LogP contribution in [0.2, 0.25) is 0 Å². The summed E-state index contributed by atoms with van der Waals surface area (Å²) in [5.74, 6) is -0.227. The third-order valence-corrected chi connectivity index (χ3v) is 2.48. The minimum atomic E-state index is -0.379. The van der Waals surface area contributed by atoms with E-state index in [1.165, 1.54) is 13.2 Å². The van der Waals surface area contributed by atoms with Crippen LogP contribution in [0.1, 0.15) is 31.4 Å². The summed E-state index contributed by atoms with van der Waals surface area (Å²) in [5.41, 5.74) is 6.06. The number of halogens is 1. The van der Waals surface area contributed by atoms with E-state index in [0.29, 0.717) is 24.3 Å². The van der Waals surface area contributed by atoms with Crippen LogP contribution in [0.15, 0.2) is 18.2 Å². The summed E-state index contributed by atoms with van der Waals surface area (Å²) in [4.78, 5) is 10.8. The lowest BCUT2D eigenvalue weighted by atomic mass is 10.1. The average molecular weight is 255 g/mol. The molecule has 0 saturated heterocycles. The zero-order valence-corrected chi connectivity index (χ0v) is 10.6. The second-order valence-electron chi connectivity index (χ2n) is 4.00. The lowest BCUT2D eigenvalue weighted by Crippen LogP contribution is -2.08. The van der Waals surface area contributed by atoms with Crippen molar-refractivity contribution in [2.45, 2.75) is 25.8 Å². The maximum atomic E-state index is 13.6. The predicted octanol–water partition coefficient (Wildman–Crippen LogP) is 2.18. The van der Waals surface area contributed by atoms with E-state index in [2.05, 4.69) is 4.74 Å². The lowest BCUT2D eigenvalue weighted by molar-refractivity contribution is -0.140. The van der Waals surface area contributed by atoms with E-state index in [0.717, 1.165) is 0 Å². The molecule has 1 unspecified atom stereocenters. The van der Waals surface area contributed by atoms with Gasteiger partial charge >= 0.3 is 5.97 Å². The van der Waals surface area contributed by atoms with Crippen molar-refractivity contribution in [3.8, 4) is 5.75 Å². The van der Waals surface area contributed by atoms with Crippen LogP contribution in [0, 0.1) is 5.82 Å². The molecule has 1 aromatic carbocycles. The smallest absolute Gasteiger partial charge is 0.305 e. The number of hydrogen-bond acceptors (Lipinski definition) is 4. The van der Waals surface area contributed by atoms with Crippen molar-refractivity contribution in [1.82, 2.24) is 0 Å². The second-order valence-corrected chi connectivity index (χ2v) is 4.00. The van der Waals surface area contributed by atoms with Gasteiger partial charge in [0.15, 0.2) is 0 Å². The largest absolute Gasteiger partial charge is 0.493 e. The van der Waals surface area contributed by atoms with Crippen molar-refractivity contribution in [2.24, 2.45) is 5.73 Å². The first kappa shape index (κ1) is 14.4. The molecule has 2 N–H and O–H groups in total. The van der Waals surface area contributed by atoms with E-state index in [-0.39, 0.29) is 24.2 Å². The molecule has 5 heteroatoms. The van der Waals surface area contributed by atoms with Crippen molar-refractivity contribution in [1.29, 1.82) is 0 Å². The fourth-order valence-corrected chi connectivity index (χ4v) is 1.48. The summed E-state index contributed by atoms with van der Waals surface area (Å²) < 4.78 is 23.4. The molecule has 0 aliphatic heterocycles. The van der Waals surface area contributed by atoms with E-state index in [1.807, 2.05) is 0 Å². The fourth-order valence-electron chi connectivity index (χ4n) is 1.48. The Hall–Kier alpha value is -1.62. The number of carbonyl (C=O) groups is 1. The summed E-state index contributed by atoms with van der Waals surface area (Å²) in [5, 5.41) is 0. The number of benzene rings is 1. The van der Waals surface area contributed by atoms with Crippen molar-refractivity contribution in [2.75, 3.05) is 13.7 Å². The van der Waals surface area contributed by atoms with Crippen LogP contribution in [0.5, 0.6) is 5.75 Å². The zero-order valence-electron chi connectivity index (χ0n) is 10.6. The van der Waals surface area contributed by atoms with E-state index in [4.69, 9.17) is 10.5 Å². The van der Waals surface area contributed by atoms with Gasteiger partial charge in [0.05, 0.1) is 13.7 Å². The predicted molar refractivity (Wildman–Crippen MR) is 65.7 cm³/mol. The van der Waals surface area contributed by atoms with Gasteiger partial charge in [0, 0.05) is 24.1 Å². The highest BCUT2D eigenvalue weighted by Crippen LogP contribution is 2.20. The van der Waals surface area contributed by atoms with Crippen LogP contribution in [0.4, 0.5) is 4.39 Å². The maximum Gasteiger partial charge on any atom is 0.305 e. The fraction of sp³-hybridized carbons (Fsp3) is 0.462. The van der Waals surface area contributed by atoms with Crippen LogP contribution >= 0.6 is 0 Å². The first-order chi connectivity index (χ1) is 8.54. The highest BCUT2D eigenvalue weighted by molar-refractivity contribution is 5.69. The van der Waals surface area contributed by atoms with Gasteiger partial charge in [-0.15, -0.1) is 0 Å². The molecule has 1 aromatic rings. The quantitative estimate of drug-likeness (QED) is 0.625. The Balaban J connectivity index is 2.44. The minimum Gasteiger partial charge on any atom is -0.493 e. The van der Waals surface area contributed by atoms with Gasteiger partial charge in [0.2, 0.25) is 0 Å². The molecule has 1 atom stereocenters. The Morgan fingerprint density at radius 2 is 2.22 bits per heavy atom. The van der Waals surface area contributed by atoms with Crippen molar-refractivity contribution >= 4 is 5.97 Å². The molecule has 1 rings (SSSR count). The summed E-state index contributed by atoms with van der Waals surface area (Å²) in [6.45, 7) is 2.06. The Morgan fingerprint density at radius 3 is 2.78 bits per heavy atom. The molecule has 0 spiro atoms. The average Bonchev–Trinajstić information content (AvgIpc) is 2.34. The first-order valence-corrected chi connectivity index (χ1v) is 5.79. The van der Waals surface area contributed by atoms with Crippen LogP contribution in [0.25, 0.3) is 0 Å². The van der Waals surface area contributed by atoms with Gasteiger partial charge in [0.1, 0.15) is 11.6 Å². The van der Waals surface area contributed by atoms with E-state index in [1.54, 1.807) is 19.1 Å². The molecule has 18 heavy (non-hydrogen) atoms. The molecule has 100 valence electrons. The molecule has 0 fully saturated rings. The number of esters is 1. The van der Waals surface area contributed by atoms with Crippen molar-refractivity contribution in [3.63, 3.8) is 0 Å². The number of hydrogen-bond donors (Lipinski definition) is 1. The molecule has 0 bridgehead atoms. The van der Waals surface area contributed by atoms with Gasteiger partial charge in [-0.2, -0.15) is 0 Å². The van der Waals surface area contributed by atoms with E-state index >= 15 is 0 Å².